The highest BCUT2D eigenvalue weighted by atomic mass is 19.1. The van der Waals surface area contributed by atoms with Gasteiger partial charge >= 0.3 is 0 Å². The second-order valence-electron chi connectivity index (χ2n) is 7.23. The summed E-state index contributed by atoms with van der Waals surface area (Å²) in [5.41, 5.74) is 0.502. The quantitative estimate of drug-likeness (QED) is 0.543. The maximum Gasteiger partial charge on any atom is 0.270 e. The molecule has 2 unspecified atom stereocenters. The topological polar surface area (TPSA) is 62.2 Å². The molecule has 0 aliphatic carbocycles. The Morgan fingerprint density at radius 3 is 2.61 bits per heavy atom. The van der Waals surface area contributed by atoms with Gasteiger partial charge in [0.15, 0.2) is 0 Å². The number of carbonyl (C=O) groups is 1. The standard InChI is InChI=1S/C23H29FN2O2/c1-7-9-20(24)14-19(16(3)8-2)12-10-18-11-13-21(25-15-18)22(27)26-17(4)23(5,6)28/h7,9,11,13-17,28H,1,8H2,2-6H3,(H,26,27). The Hall–Kier alpha value is -2.71. The van der Waals surface area contributed by atoms with Crippen molar-refractivity contribution in [1.29, 1.82) is 0 Å². The molecule has 28 heavy (non-hydrogen) atoms. The van der Waals surface area contributed by atoms with E-state index in [1.807, 2.05) is 13.8 Å². The van der Waals surface area contributed by atoms with Crippen LogP contribution in [-0.4, -0.2) is 27.6 Å². The van der Waals surface area contributed by atoms with Crippen molar-refractivity contribution in [2.45, 2.75) is 52.7 Å². The van der Waals surface area contributed by atoms with Crippen molar-refractivity contribution < 1.29 is 14.3 Å². The van der Waals surface area contributed by atoms with Gasteiger partial charge in [0.1, 0.15) is 11.5 Å². The maximum absolute atomic E-state index is 13.8. The predicted octanol–water partition coefficient (Wildman–Crippen LogP) is 4.33. The van der Waals surface area contributed by atoms with E-state index in [4.69, 9.17) is 0 Å². The van der Waals surface area contributed by atoms with Gasteiger partial charge in [-0.15, -0.1) is 0 Å². The van der Waals surface area contributed by atoms with Crippen LogP contribution in [0.15, 0.2) is 54.5 Å². The number of aliphatic hydroxyl groups is 1. The Morgan fingerprint density at radius 1 is 1.43 bits per heavy atom. The molecule has 2 atom stereocenters. The van der Waals surface area contributed by atoms with Gasteiger partial charge in [-0.1, -0.05) is 38.3 Å². The van der Waals surface area contributed by atoms with Crippen LogP contribution >= 0.6 is 0 Å². The highest BCUT2D eigenvalue weighted by molar-refractivity contribution is 5.92. The molecule has 0 aliphatic rings. The van der Waals surface area contributed by atoms with E-state index in [1.54, 1.807) is 32.9 Å². The molecule has 1 aromatic rings. The van der Waals surface area contributed by atoms with Crippen LogP contribution in [0.2, 0.25) is 0 Å². The Kier molecular flexibility index (Phi) is 8.81. The summed E-state index contributed by atoms with van der Waals surface area (Å²) in [6, 6.07) is 2.83. The summed E-state index contributed by atoms with van der Waals surface area (Å²) in [6.45, 7) is 12.5. The number of nitrogens with one attached hydrogen (secondary N) is 1. The highest BCUT2D eigenvalue weighted by Gasteiger charge is 2.24. The lowest BCUT2D eigenvalue weighted by molar-refractivity contribution is 0.0407. The normalized spacial score (nSPS) is 14.5. The van der Waals surface area contributed by atoms with Crippen LogP contribution in [0.25, 0.3) is 0 Å². The smallest absolute Gasteiger partial charge is 0.270 e. The molecule has 1 heterocycles. The number of amides is 1. The molecule has 0 spiro atoms. The molecule has 1 aromatic heterocycles. The van der Waals surface area contributed by atoms with E-state index in [1.165, 1.54) is 24.4 Å². The molecule has 0 fully saturated rings. The number of hydrogen-bond acceptors (Lipinski definition) is 3. The van der Waals surface area contributed by atoms with E-state index in [0.29, 0.717) is 11.1 Å². The van der Waals surface area contributed by atoms with Gasteiger partial charge in [0.2, 0.25) is 0 Å². The van der Waals surface area contributed by atoms with Crippen molar-refractivity contribution in [1.82, 2.24) is 10.3 Å². The highest BCUT2D eigenvalue weighted by Crippen LogP contribution is 2.17. The number of hydrogen-bond donors (Lipinski definition) is 2. The summed E-state index contributed by atoms with van der Waals surface area (Å²) < 4.78 is 13.8. The third kappa shape index (κ3) is 7.50. The van der Waals surface area contributed by atoms with Gasteiger partial charge in [0, 0.05) is 17.3 Å². The number of halogens is 1. The molecule has 0 saturated heterocycles. The van der Waals surface area contributed by atoms with Crippen molar-refractivity contribution in [3.8, 4) is 11.8 Å². The van der Waals surface area contributed by atoms with E-state index in [2.05, 4.69) is 28.7 Å². The summed E-state index contributed by atoms with van der Waals surface area (Å²) in [4.78, 5) is 16.3. The zero-order valence-corrected chi connectivity index (χ0v) is 17.2. The van der Waals surface area contributed by atoms with Gasteiger partial charge in [-0.25, -0.2) is 9.37 Å². The number of carbonyl (C=O) groups excluding carboxylic acids is 1. The van der Waals surface area contributed by atoms with Crippen LogP contribution in [0.4, 0.5) is 4.39 Å². The monoisotopic (exact) mass is 384 g/mol. The first kappa shape index (κ1) is 23.3. The van der Waals surface area contributed by atoms with E-state index in [9.17, 15) is 14.3 Å². The third-order valence-electron chi connectivity index (χ3n) is 4.47. The van der Waals surface area contributed by atoms with Crippen molar-refractivity contribution in [3.05, 3.63) is 65.8 Å². The van der Waals surface area contributed by atoms with Crippen LogP contribution in [-0.2, 0) is 0 Å². The lowest BCUT2D eigenvalue weighted by atomic mass is 9.98. The first-order chi connectivity index (χ1) is 13.1. The van der Waals surface area contributed by atoms with Crippen LogP contribution in [0, 0.1) is 17.8 Å². The molecule has 1 amide bonds. The number of nitrogens with zero attached hydrogens (tertiary/aromatic N) is 1. The van der Waals surface area contributed by atoms with E-state index in [0.717, 1.165) is 6.42 Å². The lowest BCUT2D eigenvalue weighted by Gasteiger charge is -2.26. The van der Waals surface area contributed by atoms with Crippen LogP contribution in [0.5, 0.6) is 0 Å². The molecule has 150 valence electrons. The Balaban J connectivity index is 2.98. The van der Waals surface area contributed by atoms with E-state index >= 15 is 0 Å². The zero-order chi connectivity index (χ0) is 21.3. The SMILES string of the molecule is C=CC=C(F)C=C(C#Cc1ccc(C(=O)NC(C)C(C)(C)O)nc1)C(C)CC. The molecule has 0 saturated carbocycles. The van der Waals surface area contributed by atoms with Crippen molar-refractivity contribution >= 4 is 5.91 Å². The molecule has 0 aliphatic heterocycles. The second kappa shape index (κ2) is 10.6. The molecule has 0 bridgehead atoms. The largest absolute Gasteiger partial charge is 0.388 e. The van der Waals surface area contributed by atoms with Crippen molar-refractivity contribution in [2.75, 3.05) is 0 Å². The van der Waals surface area contributed by atoms with Gasteiger partial charge in [0.25, 0.3) is 5.91 Å². The minimum absolute atomic E-state index is 0.109. The molecular weight excluding hydrogens is 355 g/mol. The molecule has 0 aromatic carbocycles. The van der Waals surface area contributed by atoms with E-state index in [-0.39, 0.29) is 17.5 Å². The number of pyridine rings is 1. The summed E-state index contributed by atoms with van der Waals surface area (Å²) in [7, 11) is 0. The average molecular weight is 384 g/mol. The minimum Gasteiger partial charge on any atom is -0.388 e. The van der Waals surface area contributed by atoms with Gasteiger partial charge < -0.3 is 10.4 Å². The summed E-state index contributed by atoms with van der Waals surface area (Å²) >= 11 is 0. The molecule has 4 nitrogen and oxygen atoms in total. The first-order valence-electron chi connectivity index (χ1n) is 9.29. The summed E-state index contributed by atoms with van der Waals surface area (Å²) in [5.74, 6) is 5.31. The zero-order valence-electron chi connectivity index (χ0n) is 17.2. The molecule has 0 radical (unpaired) electrons. The summed E-state index contributed by atoms with van der Waals surface area (Å²) in [5, 5.41) is 12.6. The Labute approximate surface area is 167 Å². The molecule has 1 rings (SSSR count). The van der Waals surface area contributed by atoms with Gasteiger partial charge in [-0.2, -0.15) is 0 Å². The molecule has 5 heteroatoms. The van der Waals surface area contributed by atoms with Gasteiger partial charge in [-0.3, -0.25) is 4.79 Å². The Bertz CT molecular complexity index is 806. The first-order valence-corrected chi connectivity index (χ1v) is 9.29. The predicted molar refractivity (Wildman–Crippen MR) is 111 cm³/mol. The maximum atomic E-state index is 13.8. The number of rotatable bonds is 7. The van der Waals surface area contributed by atoms with Crippen LogP contribution in [0.1, 0.15) is 57.1 Å². The number of allylic oxidation sites excluding steroid dienone is 5. The molecular formula is C23H29FN2O2. The van der Waals surface area contributed by atoms with Crippen LogP contribution < -0.4 is 5.32 Å². The lowest BCUT2D eigenvalue weighted by Crippen LogP contribution is -2.47. The fourth-order valence-electron chi connectivity index (χ4n) is 2.02. The summed E-state index contributed by atoms with van der Waals surface area (Å²) in [6.07, 6.45) is 6.42. The van der Waals surface area contributed by atoms with Crippen LogP contribution in [0.3, 0.4) is 0 Å². The number of aromatic nitrogens is 1. The van der Waals surface area contributed by atoms with E-state index < -0.39 is 17.5 Å². The van der Waals surface area contributed by atoms with Crippen molar-refractivity contribution in [3.63, 3.8) is 0 Å². The third-order valence-corrected chi connectivity index (χ3v) is 4.47. The molecule has 2 N–H and O–H groups in total. The second-order valence-corrected chi connectivity index (χ2v) is 7.23. The van der Waals surface area contributed by atoms with Gasteiger partial charge in [-0.05, 0) is 57.4 Å². The average Bonchev–Trinajstić information content (AvgIpc) is 2.64. The fourth-order valence-corrected chi connectivity index (χ4v) is 2.02. The van der Waals surface area contributed by atoms with Gasteiger partial charge in [0.05, 0.1) is 11.6 Å². The Morgan fingerprint density at radius 2 is 2.11 bits per heavy atom. The minimum atomic E-state index is -1.03. The fraction of sp³-hybridized carbons (Fsp3) is 0.391. The van der Waals surface area contributed by atoms with Crippen molar-refractivity contribution in [2.24, 2.45) is 5.92 Å².